The summed E-state index contributed by atoms with van der Waals surface area (Å²) in [5.74, 6) is 0.358. The molecule has 1 atom stereocenters. The average Bonchev–Trinajstić information content (AvgIpc) is 2.62. The van der Waals surface area contributed by atoms with Gasteiger partial charge in [-0.25, -0.2) is 4.79 Å². The number of rotatable bonds is 5. The van der Waals surface area contributed by atoms with Crippen LogP contribution in [-0.2, 0) is 11.2 Å². The minimum atomic E-state index is -0.635. The number of carbonyl (C=O) groups is 1. The Bertz CT molecular complexity index is 837. The van der Waals surface area contributed by atoms with Crippen LogP contribution >= 0.6 is 0 Å². The summed E-state index contributed by atoms with van der Waals surface area (Å²) in [5, 5.41) is 3.92. The molecule has 1 amide bonds. The highest BCUT2D eigenvalue weighted by atomic mass is 16.5. The molecule has 2 aromatic rings. The van der Waals surface area contributed by atoms with Gasteiger partial charge in [-0.3, -0.25) is 4.79 Å². The Morgan fingerprint density at radius 2 is 2.04 bits per heavy atom. The van der Waals surface area contributed by atoms with Crippen molar-refractivity contribution in [3.8, 4) is 5.75 Å². The number of benzene rings is 1. The molecular formula is C20H26N2O4. The monoisotopic (exact) mass is 358 g/mol. The third kappa shape index (κ3) is 4.25. The number of hydrogen-bond donors (Lipinski definition) is 2. The SMILES string of the molecule is CCc1cc(=O)oc2cc(OC(C)C(=O)NC3CCC(N)CC3)ccc12. The molecule has 1 aromatic heterocycles. The van der Waals surface area contributed by atoms with Crippen LogP contribution in [0.5, 0.6) is 5.75 Å². The van der Waals surface area contributed by atoms with E-state index in [1.165, 1.54) is 6.07 Å². The molecule has 6 heteroatoms. The normalized spacial score (nSPS) is 21.3. The van der Waals surface area contributed by atoms with Gasteiger partial charge in [0, 0.05) is 29.6 Å². The molecule has 0 bridgehead atoms. The number of carbonyl (C=O) groups excluding carboxylic acids is 1. The van der Waals surface area contributed by atoms with Gasteiger partial charge in [-0.2, -0.15) is 0 Å². The van der Waals surface area contributed by atoms with Gasteiger partial charge in [0.25, 0.3) is 5.91 Å². The van der Waals surface area contributed by atoms with Crippen molar-refractivity contribution in [2.24, 2.45) is 5.73 Å². The van der Waals surface area contributed by atoms with Gasteiger partial charge in [-0.05, 0) is 56.7 Å². The van der Waals surface area contributed by atoms with Gasteiger partial charge in [-0.1, -0.05) is 6.92 Å². The van der Waals surface area contributed by atoms with Crippen molar-refractivity contribution in [2.45, 2.75) is 64.1 Å². The number of nitrogens with two attached hydrogens (primary N) is 1. The maximum atomic E-state index is 12.4. The van der Waals surface area contributed by atoms with Crippen LogP contribution in [0.4, 0.5) is 0 Å². The number of hydrogen-bond acceptors (Lipinski definition) is 5. The summed E-state index contributed by atoms with van der Waals surface area (Å²) in [4.78, 5) is 24.0. The minimum Gasteiger partial charge on any atom is -0.481 e. The van der Waals surface area contributed by atoms with Gasteiger partial charge in [0.15, 0.2) is 6.10 Å². The summed E-state index contributed by atoms with van der Waals surface area (Å²) in [6, 6.07) is 7.24. The third-order valence-electron chi connectivity index (χ3n) is 4.98. The molecule has 1 aliphatic carbocycles. The van der Waals surface area contributed by atoms with Gasteiger partial charge < -0.3 is 20.2 Å². The Labute approximate surface area is 152 Å². The van der Waals surface area contributed by atoms with Crippen LogP contribution in [-0.4, -0.2) is 24.1 Å². The number of fused-ring (bicyclic) bond motifs is 1. The molecular weight excluding hydrogens is 332 g/mol. The molecule has 1 saturated carbocycles. The molecule has 140 valence electrons. The van der Waals surface area contributed by atoms with Crippen LogP contribution in [0.2, 0.25) is 0 Å². The van der Waals surface area contributed by atoms with E-state index >= 15 is 0 Å². The highest BCUT2D eigenvalue weighted by Gasteiger charge is 2.23. The van der Waals surface area contributed by atoms with Gasteiger partial charge in [-0.15, -0.1) is 0 Å². The molecule has 26 heavy (non-hydrogen) atoms. The molecule has 0 radical (unpaired) electrons. The Kier molecular flexibility index (Phi) is 5.61. The second-order valence-electron chi connectivity index (χ2n) is 6.98. The van der Waals surface area contributed by atoms with Gasteiger partial charge in [0.2, 0.25) is 0 Å². The maximum Gasteiger partial charge on any atom is 0.336 e. The Morgan fingerprint density at radius 1 is 1.31 bits per heavy atom. The smallest absolute Gasteiger partial charge is 0.336 e. The average molecular weight is 358 g/mol. The molecule has 6 nitrogen and oxygen atoms in total. The zero-order valence-electron chi connectivity index (χ0n) is 15.3. The first kappa shape index (κ1) is 18.5. The summed E-state index contributed by atoms with van der Waals surface area (Å²) >= 11 is 0. The molecule has 1 aromatic carbocycles. The lowest BCUT2D eigenvalue weighted by Gasteiger charge is -2.27. The van der Waals surface area contributed by atoms with Crippen molar-refractivity contribution in [2.75, 3.05) is 0 Å². The van der Waals surface area contributed by atoms with Crippen LogP contribution in [0.3, 0.4) is 0 Å². The van der Waals surface area contributed by atoms with Crippen molar-refractivity contribution in [1.82, 2.24) is 5.32 Å². The first-order valence-electron chi connectivity index (χ1n) is 9.25. The van der Waals surface area contributed by atoms with Crippen molar-refractivity contribution in [1.29, 1.82) is 0 Å². The summed E-state index contributed by atoms with van der Waals surface area (Å²) in [5.41, 5.74) is 6.92. The number of ether oxygens (including phenoxy) is 1. The van der Waals surface area contributed by atoms with Crippen LogP contribution < -0.4 is 21.4 Å². The van der Waals surface area contributed by atoms with E-state index in [2.05, 4.69) is 5.32 Å². The van der Waals surface area contributed by atoms with Crippen molar-refractivity contribution in [3.63, 3.8) is 0 Å². The molecule has 1 aliphatic rings. The fourth-order valence-corrected chi connectivity index (χ4v) is 3.42. The zero-order chi connectivity index (χ0) is 18.7. The fourth-order valence-electron chi connectivity index (χ4n) is 3.42. The molecule has 1 fully saturated rings. The van der Waals surface area contributed by atoms with Crippen LogP contribution in [0.1, 0.15) is 45.1 Å². The van der Waals surface area contributed by atoms with Crippen LogP contribution in [0.15, 0.2) is 33.5 Å². The quantitative estimate of drug-likeness (QED) is 0.801. The standard InChI is InChI=1S/C20H26N2O4/c1-3-13-10-19(23)26-18-11-16(8-9-17(13)18)25-12(2)20(24)22-15-6-4-14(21)5-7-15/h8-12,14-15H,3-7,21H2,1-2H3,(H,22,24). The number of aryl methyl sites for hydroxylation is 1. The van der Waals surface area contributed by atoms with E-state index < -0.39 is 6.10 Å². The Morgan fingerprint density at radius 3 is 2.73 bits per heavy atom. The molecule has 1 heterocycles. The van der Waals surface area contributed by atoms with E-state index in [1.807, 2.05) is 13.0 Å². The summed E-state index contributed by atoms with van der Waals surface area (Å²) in [6.45, 7) is 3.70. The molecule has 1 unspecified atom stereocenters. The lowest BCUT2D eigenvalue weighted by molar-refractivity contribution is -0.128. The number of nitrogens with one attached hydrogen (secondary N) is 1. The predicted octanol–water partition coefficient (Wildman–Crippen LogP) is 2.51. The number of amides is 1. The van der Waals surface area contributed by atoms with Crippen LogP contribution in [0.25, 0.3) is 11.0 Å². The summed E-state index contributed by atoms with van der Waals surface area (Å²) in [7, 11) is 0. The van der Waals surface area contributed by atoms with E-state index in [0.717, 1.165) is 43.1 Å². The van der Waals surface area contributed by atoms with Crippen molar-refractivity contribution in [3.05, 3.63) is 40.2 Å². The van der Waals surface area contributed by atoms with Gasteiger partial charge in [0.05, 0.1) is 0 Å². The first-order chi connectivity index (χ1) is 12.5. The largest absolute Gasteiger partial charge is 0.481 e. The van der Waals surface area contributed by atoms with E-state index in [0.29, 0.717) is 11.3 Å². The molecule has 3 N–H and O–H groups in total. The molecule has 0 spiro atoms. The lowest BCUT2D eigenvalue weighted by Crippen LogP contribution is -2.45. The van der Waals surface area contributed by atoms with E-state index in [4.69, 9.17) is 14.9 Å². The van der Waals surface area contributed by atoms with Gasteiger partial charge >= 0.3 is 5.63 Å². The molecule has 3 rings (SSSR count). The minimum absolute atomic E-state index is 0.144. The van der Waals surface area contributed by atoms with E-state index in [9.17, 15) is 9.59 Å². The maximum absolute atomic E-state index is 12.4. The second kappa shape index (κ2) is 7.91. The van der Waals surface area contributed by atoms with Crippen molar-refractivity contribution < 1.29 is 13.9 Å². The predicted molar refractivity (Wildman–Crippen MR) is 100 cm³/mol. The summed E-state index contributed by atoms with van der Waals surface area (Å²) < 4.78 is 11.0. The third-order valence-corrected chi connectivity index (χ3v) is 4.98. The Balaban J connectivity index is 1.67. The zero-order valence-corrected chi connectivity index (χ0v) is 15.3. The first-order valence-corrected chi connectivity index (χ1v) is 9.25. The molecule has 0 aliphatic heterocycles. The Hall–Kier alpha value is -2.34. The summed E-state index contributed by atoms with van der Waals surface area (Å²) in [6.07, 6.45) is 3.78. The van der Waals surface area contributed by atoms with E-state index in [1.54, 1.807) is 19.1 Å². The lowest BCUT2D eigenvalue weighted by atomic mass is 9.92. The highest BCUT2D eigenvalue weighted by molar-refractivity contribution is 5.83. The second-order valence-corrected chi connectivity index (χ2v) is 6.98. The van der Waals surface area contributed by atoms with Crippen LogP contribution in [0, 0.1) is 0 Å². The fraction of sp³-hybridized carbons (Fsp3) is 0.500. The molecule has 0 saturated heterocycles. The topological polar surface area (TPSA) is 94.6 Å². The van der Waals surface area contributed by atoms with Gasteiger partial charge in [0.1, 0.15) is 11.3 Å². The highest BCUT2D eigenvalue weighted by Crippen LogP contribution is 2.24. The van der Waals surface area contributed by atoms with Crippen molar-refractivity contribution >= 4 is 16.9 Å². The van der Waals surface area contributed by atoms with E-state index in [-0.39, 0.29) is 23.6 Å².